The van der Waals surface area contributed by atoms with Crippen LogP contribution in [0.25, 0.3) is 0 Å². The van der Waals surface area contributed by atoms with Gasteiger partial charge in [-0.1, -0.05) is 23.7 Å². The molecule has 2 aromatic carbocycles. The Morgan fingerprint density at radius 3 is 2.58 bits per heavy atom. The van der Waals surface area contributed by atoms with Gasteiger partial charge in [-0.05, 0) is 69.6 Å². The first-order valence-electron chi connectivity index (χ1n) is 8.41. The summed E-state index contributed by atoms with van der Waals surface area (Å²) >= 11 is 6.19. The molecule has 0 aliphatic rings. The SMILES string of the molecule is CCOc1ccc(Cl)cc1C(CN)Cc1cccc(OC(C)C)c1. The summed E-state index contributed by atoms with van der Waals surface area (Å²) in [5.41, 5.74) is 8.30. The van der Waals surface area contributed by atoms with Crippen molar-refractivity contribution in [1.29, 1.82) is 0 Å². The van der Waals surface area contributed by atoms with Gasteiger partial charge >= 0.3 is 0 Å². The van der Waals surface area contributed by atoms with E-state index in [-0.39, 0.29) is 12.0 Å². The van der Waals surface area contributed by atoms with Crippen LogP contribution in [0.4, 0.5) is 0 Å². The molecule has 3 nitrogen and oxygen atoms in total. The Labute approximate surface area is 149 Å². The summed E-state index contributed by atoms with van der Waals surface area (Å²) < 4.78 is 11.5. The number of nitrogens with two attached hydrogens (primary N) is 1. The number of ether oxygens (including phenoxy) is 2. The lowest BCUT2D eigenvalue weighted by atomic mass is 9.91. The third-order valence-corrected chi connectivity index (χ3v) is 3.98. The average Bonchev–Trinajstić information content (AvgIpc) is 2.54. The molecule has 0 fully saturated rings. The maximum atomic E-state index is 6.19. The standard InChI is InChI=1S/C20H26ClNO2/c1-4-23-20-9-8-17(21)12-19(20)16(13-22)10-15-6-5-7-18(11-15)24-14(2)3/h5-9,11-12,14,16H,4,10,13,22H2,1-3H3. The highest BCUT2D eigenvalue weighted by molar-refractivity contribution is 6.30. The van der Waals surface area contributed by atoms with E-state index in [4.69, 9.17) is 26.8 Å². The lowest BCUT2D eigenvalue weighted by Crippen LogP contribution is -2.16. The molecule has 2 aromatic rings. The zero-order valence-corrected chi connectivity index (χ0v) is 15.3. The smallest absolute Gasteiger partial charge is 0.122 e. The van der Waals surface area contributed by atoms with E-state index in [9.17, 15) is 0 Å². The highest BCUT2D eigenvalue weighted by Crippen LogP contribution is 2.32. The molecule has 0 radical (unpaired) electrons. The Hall–Kier alpha value is -1.71. The summed E-state index contributed by atoms with van der Waals surface area (Å²) in [7, 11) is 0. The third kappa shape index (κ3) is 5.15. The molecule has 0 aliphatic heterocycles. The van der Waals surface area contributed by atoms with Crippen LogP contribution in [0.3, 0.4) is 0 Å². The first kappa shape index (κ1) is 18.6. The molecule has 24 heavy (non-hydrogen) atoms. The molecule has 4 heteroatoms. The molecule has 0 saturated heterocycles. The van der Waals surface area contributed by atoms with Crippen LogP contribution in [0.15, 0.2) is 42.5 Å². The molecule has 0 bridgehead atoms. The number of rotatable bonds is 8. The van der Waals surface area contributed by atoms with Crippen molar-refractivity contribution in [2.75, 3.05) is 13.2 Å². The number of halogens is 1. The van der Waals surface area contributed by atoms with E-state index in [1.807, 2.05) is 51.1 Å². The minimum atomic E-state index is 0.138. The molecular formula is C20H26ClNO2. The first-order chi connectivity index (χ1) is 11.5. The van der Waals surface area contributed by atoms with Gasteiger partial charge in [0.2, 0.25) is 0 Å². The van der Waals surface area contributed by atoms with Crippen molar-refractivity contribution in [2.45, 2.75) is 39.2 Å². The number of benzene rings is 2. The van der Waals surface area contributed by atoms with Gasteiger partial charge in [-0.2, -0.15) is 0 Å². The Morgan fingerprint density at radius 2 is 1.92 bits per heavy atom. The summed E-state index contributed by atoms with van der Waals surface area (Å²) in [6.07, 6.45) is 0.967. The zero-order chi connectivity index (χ0) is 17.5. The zero-order valence-electron chi connectivity index (χ0n) is 14.6. The van der Waals surface area contributed by atoms with Gasteiger partial charge in [-0.3, -0.25) is 0 Å². The Balaban J connectivity index is 2.25. The van der Waals surface area contributed by atoms with Crippen LogP contribution >= 0.6 is 11.6 Å². The van der Waals surface area contributed by atoms with Crippen LogP contribution in [0.2, 0.25) is 5.02 Å². The molecule has 0 heterocycles. The monoisotopic (exact) mass is 347 g/mol. The van der Waals surface area contributed by atoms with E-state index >= 15 is 0 Å². The lowest BCUT2D eigenvalue weighted by molar-refractivity contribution is 0.242. The van der Waals surface area contributed by atoms with Crippen LogP contribution in [-0.4, -0.2) is 19.3 Å². The molecule has 1 atom stereocenters. The molecule has 0 saturated carbocycles. The summed E-state index contributed by atoms with van der Waals surface area (Å²) in [5, 5.41) is 0.698. The second kappa shape index (κ2) is 8.95. The van der Waals surface area contributed by atoms with Crippen molar-refractivity contribution >= 4 is 11.6 Å². The Kier molecular flexibility index (Phi) is 6.95. The van der Waals surface area contributed by atoms with E-state index in [0.29, 0.717) is 18.2 Å². The first-order valence-corrected chi connectivity index (χ1v) is 8.79. The molecule has 2 rings (SSSR count). The van der Waals surface area contributed by atoms with Gasteiger partial charge in [-0.25, -0.2) is 0 Å². The second-order valence-electron chi connectivity index (χ2n) is 6.07. The maximum Gasteiger partial charge on any atom is 0.122 e. The highest BCUT2D eigenvalue weighted by atomic mass is 35.5. The quantitative estimate of drug-likeness (QED) is 0.745. The summed E-state index contributed by atoms with van der Waals surface area (Å²) in [6.45, 7) is 7.16. The van der Waals surface area contributed by atoms with Crippen molar-refractivity contribution in [3.8, 4) is 11.5 Å². The van der Waals surface area contributed by atoms with Crippen molar-refractivity contribution in [2.24, 2.45) is 5.73 Å². The molecule has 0 spiro atoms. The fraction of sp³-hybridized carbons (Fsp3) is 0.400. The summed E-state index contributed by atoms with van der Waals surface area (Å²) in [5.74, 6) is 1.88. The molecule has 2 N–H and O–H groups in total. The van der Waals surface area contributed by atoms with Gasteiger partial charge < -0.3 is 15.2 Å². The van der Waals surface area contributed by atoms with Crippen LogP contribution < -0.4 is 15.2 Å². The molecule has 1 unspecified atom stereocenters. The predicted molar refractivity (Wildman–Crippen MR) is 100 cm³/mol. The van der Waals surface area contributed by atoms with Gasteiger partial charge in [0.15, 0.2) is 0 Å². The third-order valence-electron chi connectivity index (χ3n) is 3.75. The largest absolute Gasteiger partial charge is 0.494 e. The van der Waals surface area contributed by atoms with Gasteiger partial charge in [-0.15, -0.1) is 0 Å². The molecular weight excluding hydrogens is 322 g/mol. The maximum absolute atomic E-state index is 6.19. The highest BCUT2D eigenvalue weighted by Gasteiger charge is 2.17. The van der Waals surface area contributed by atoms with Crippen LogP contribution in [0.5, 0.6) is 11.5 Å². The van der Waals surface area contributed by atoms with Crippen LogP contribution in [-0.2, 0) is 6.42 Å². The van der Waals surface area contributed by atoms with Crippen LogP contribution in [0, 0.1) is 0 Å². The van der Waals surface area contributed by atoms with E-state index < -0.39 is 0 Å². The number of hydrogen-bond donors (Lipinski definition) is 1. The average molecular weight is 348 g/mol. The Morgan fingerprint density at radius 1 is 1.12 bits per heavy atom. The lowest BCUT2D eigenvalue weighted by Gasteiger charge is -2.20. The minimum absolute atomic E-state index is 0.138. The molecule has 0 aliphatic carbocycles. The van der Waals surface area contributed by atoms with Crippen molar-refractivity contribution < 1.29 is 9.47 Å². The summed E-state index contributed by atoms with van der Waals surface area (Å²) in [6, 6.07) is 13.9. The van der Waals surface area contributed by atoms with Gasteiger partial charge in [0, 0.05) is 16.5 Å². The molecule has 130 valence electrons. The molecule has 0 aromatic heterocycles. The van der Waals surface area contributed by atoms with Gasteiger partial charge in [0.05, 0.1) is 12.7 Å². The van der Waals surface area contributed by atoms with E-state index in [1.165, 1.54) is 5.56 Å². The topological polar surface area (TPSA) is 44.5 Å². The Bertz CT molecular complexity index is 658. The van der Waals surface area contributed by atoms with E-state index in [0.717, 1.165) is 23.5 Å². The fourth-order valence-electron chi connectivity index (χ4n) is 2.75. The van der Waals surface area contributed by atoms with Crippen molar-refractivity contribution in [1.82, 2.24) is 0 Å². The van der Waals surface area contributed by atoms with Crippen LogP contribution in [0.1, 0.15) is 37.8 Å². The van der Waals surface area contributed by atoms with E-state index in [2.05, 4.69) is 12.1 Å². The van der Waals surface area contributed by atoms with Crippen molar-refractivity contribution in [3.63, 3.8) is 0 Å². The molecule has 0 amide bonds. The van der Waals surface area contributed by atoms with E-state index in [1.54, 1.807) is 0 Å². The second-order valence-corrected chi connectivity index (χ2v) is 6.50. The van der Waals surface area contributed by atoms with Gasteiger partial charge in [0.25, 0.3) is 0 Å². The van der Waals surface area contributed by atoms with Gasteiger partial charge in [0.1, 0.15) is 11.5 Å². The fourth-order valence-corrected chi connectivity index (χ4v) is 2.93. The number of hydrogen-bond acceptors (Lipinski definition) is 3. The normalized spacial score (nSPS) is 12.2. The minimum Gasteiger partial charge on any atom is -0.494 e. The summed E-state index contributed by atoms with van der Waals surface area (Å²) in [4.78, 5) is 0. The van der Waals surface area contributed by atoms with Crippen molar-refractivity contribution in [3.05, 3.63) is 58.6 Å². The predicted octanol–water partition coefficient (Wildman–Crippen LogP) is 4.81.